The second-order valence-electron chi connectivity index (χ2n) is 4.24. The SMILES string of the molecule is COc1cc(Cl)nn2ccnc12.Clc1cc(Br)c2nccn2n1. The predicted molar refractivity (Wildman–Crippen MR) is 90.2 cm³/mol. The number of rotatable bonds is 1. The lowest BCUT2D eigenvalue weighted by atomic mass is 10.5. The molecule has 0 aliphatic carbocycles. The smallest absolute Gasteiger partial charge is 0.196 e. The standard InChI is InChI=1S/C7H6ClN3O.C6H3BrClN3/c1-12-5-4-6(8)10-11-3-2-9-7(5)11;7-4-3-5(8)10-11-2-1-9-6(4)11/h2-4H,1H3;1-3H. The van der Waals surface area contributed by atoms with E-state index < -0.39 is 0 Å². The minimum Gasteiger partial charge on any atom is -0.493 e. The van der Waals surface area contributed by atoms with Crippen LogP contribution in [0.4, 0.5) is 0 Å². The van der Waals surface area contributed by atoms with Gasteiger partial charge in [-0.3, -0.25) is 0 Å². The average Bonchev–Trinajstić information content (AvgIpc) is 3.15. The van der Waals surface area contributed by atoms with Gasteiger partial charge in [0.15, 0.2) is 27.4 Å². The van der Waals surface area contributed by atoms with Crippen LogP contribution in [0.1, 0.15) is 0 Å². The Morgan fingerprint density at radius 3 is 2.17 bits per heavy atom. The van der Waals surface area contributed by atoms with Crippen LogP contribution in [0.3, 0.4) is 0 Å². The number of hydrogen-bond donors (Lipinski definition) is 0. The largest absolute Gasteiger partial charge is 0.493 e. The fraction of sp³-hybridized carbons (Fsp3) is 0.0769. The van der Waals surface area contributed by atoms with Gasteiger partial charge in [0.1, 0.15) is 0 Å². The molecule has 0 fully saturated rings. The van der Waals surface area contributed by atoms with E-state index in [0.29, 0.717) is 21.7 Å². The Labute approximate surface area is 148 Å². The van der Waals surface area contributed by atoms with E-state index in [9.17, 15) is 0 Å². The molecule has 0 aliphatic rings. The summed E-state index contributed by atoms with van der Waals surface area (Å²) in [7, 11) is 1.57. The van der Waals surface area contributed by atoms with E-state index in [4.69, 9.17) is 27.9 Å². The van der Waals surface area contributed by atoms with Crippen molar-refractivity contribution >= 4 is 50.4 Å². The van der Waals surface area contributed by atoms with Crippen LogP contribution in [0, 0.1) is 0 Å². The van der Waals surface area contributed by atoms with Gasteiger partial charge in [-0.1, -0.05) is 23.2 Å². The zero-order valence-corrected chi connectivity index (χ0v) is 14.8. The highest BCUT2D eigenvalue weighted by atomic mass is 79.9. The molecule has 0 atom stereocenters. The molecule has 0 amide bonds. The highest BCUT2D eigenvalue weighted by Gasteiger charge is 2.04. The molecule has 4 aromatic rings. The van der Waals surface area contributed by atoms with Gasteiger partial charge in [0.25, 0.3) is 0 Å². The Morgan fingerprint density at radius 2 is 1.52 bits per heavy atom. The van der Waals surface area contributed by atoms with E-state index in [2.05, 4.69) is 36.1 Å². The summed E-state index contributed by atoms with van der Waals surface area (Å²) in [5.74, 6) is 0.625. The van der Waals surface area contributed by atoms with Gasteiger partial charge in [-0.15, -0.1) is 0 Å². The zero-order chi connectivity index (χ0) is 16.4. The first kappa shape index (κ1) is 16.0. The van der Waals surface area contributed by atoms with E-state index in [-0.39, 0.29) is 0 Å². The van der Waals surface area contributed by atoms with E-state index in [1.54, 1.807) is 53.1 Å². The molecule has 0 bridgehead atoms. The fourth-order valence-electron chi connectivity index (χ4n) is 1.86. The molecule has 118 valence electrons. The van der Waals surface area contributed by atoms with Gasteiger partial charge in [0.2, 0.25) is 0 Å². The molecular weight excluding hydrogens is 407 g/mol. The van der Waals surface area contributed by atoms with Crippen molar-refractivity contribution in [3.8, 4) is 5.75 Å². The van der Waals surface area contributed by atoms with Gasteiger partial charge in [-0.2, -0.15) is 10.2 Å². The molecule has 0 unspecified atom stereocenters. The predicted octanol–water partition coefficient (Wildman–Crippen LogP) is 3.54. The molecule has 0 saturated heterocycles. The van der Waals surface area contributed by atoms with E-state index >= 15 is 0 Å². The van der Waals surface area contributed by atoms with Crippen molar-refractivity contribution in [3.05, 3.63) is 51.7 Å². The third-order valence-corrected chi connectivity index (χ3v) is 3.75. The molecule has 0 N–H and O–H groups in total. The van der Waals surface area contributed by atoms with Crippen molar-refractivity contribution in [2.75, 3.05) is 7.11 Å². The number of nitrogens with zero attached hydrogens (tertiary/aromatic N) is 6. The van der Waals surface area contributed by atoms with Crippen LogP contribution >= 0.6 is 39.1 Å². The van der Waals surface area contributed by atoms with Crippen molar-refractivity contribution in [1.82, 2.24) is 29.2 Å². The summed E-state index contributed by atoms with van der Waals surface area (Å²) in [5.41, 5.74) is 1.44. The van der Waals surface area contributed by atoms with Crippen LogP contribution in [0.25, 0.3) is 11.3 Å². The Morgan fingerprint density at radius 1 is 0.957 bits per heavy atom. The molecule has 4 heterocycles. The Bertz CT molecular complexity index is 970. The molecule has 4 rings (SSSR count). The van der Waals surface area contributed by atoms with Crippen LogP contribution in [0.15, 0.2) is 41.4 Å². The van der Waals surface area contributed by atoms with Gasteiger partial charge in [-0.25, -0.2) is 19.0 Å². The molecule has 0 aromatic carbocycles. The second-order valence-corrected chi connectivity index (χ2v) is 5.87. The quantitative estimate of drug-likeness (QED) is 0.475. The lowest BCUT2D eigenvalue weighted by Gasteiger charge is -2.00. The molecular formula is C13H9BrCl2N6O. The first-order valence-corrected chi connectivity index (χ1v) is 7.82. The third-order valence-electron chi connectivity index (χ3n) is 2.80. The fourth-order valence-corrected chi connectivity index (χ4v) is 2.86. The Hall–Kier alpha value is -1.90. The third kappa shape index (κ3) is 3.39. The van der Waals surface area contributed by atoms with E-state index in [1.165, 1.54) is 0 Å². The van der Waals surface area contributed by atoms with Crippen molar-refractivity contribution in [2.24, 2.45) is 0 Å². The number of imidazole rings is 2. The maximum atomic E-state index is 5.72. The van der Waals surface area contributed by atoms with Gasteiger partial charge < -0.3 is 4.74 Å². The summed E-state index contributed by atoms with van der Waals surface area (Å²) in [6, 6.07) is 3.34. The maximum absolute atomic E-state index is 5.72. The Kier molecular flexibility index (Phi) is 4.65. The van der Waals surface area contributed by atoms with Gasteiger partial charge in [-0.05, 0) is 22.0 Å². The second kappa shape index (κ2) is 6.69. The molecule has 0 aliphatic heterocycles. The highest BCUT2D eigenvalue weighted by Crippen LogP contribution is 2.20. The van der Waals surface area contributed by atoms with Crippen LogP contribution in [0.5, 0.6) is 5.75 Å². The maximum Gasteiger partial charge on any atom is 0.196 e. The molecule has 4 aromatic heterocycles. The van der Waals surface area contributed by atoms with Crippen LogP contribution in [-0.4, -0.2) is 36.3 Å². The number of halogens is 3. The molecule has 23 heavy (non-hydrogen) atoms. The summed E-state index contributed by atoms with van der Waals surface area (Å²) < 4.78 is 9.10. The normalized spacial score (nSPS) is 10.6. The van der Waals surface area contributed by atoms with Crippen LogP contribution in [0.2, 0.25) is 10.3 Å². The van der Waals surface area contributed by atoms with Crippen LogP contribution < -0.4 is 4.74 Å². The topological polar surface area (TPSA) is 69.6 Å². The van der Waals surface area contributed by atoms with E-state index in [0.717, 1.165) is 10.1 Å². The monoisotopic (exact) mass is 414 g/mol. The van der Waals surface area contributed by atoms with Crippen molar-refractivity contribution in [2.45, 2.75) is 0 Å². The lowest BCUT2D eigenvalue weighted by Crippen LogP contribution is -1.94. The first-order chi connectivity index (χ1) is 11.1. The summed E-state index contributed by atoms with van der Waals surface area (Å²) in [6.07, 6.45) is 6.76. The number of hydrogen-bond acceptors (Lipinski definition) is 5. The summed E-state index contributed by atoms with van der Waals surface area (Å²) in [6.45, 7) is 0. The Balaban J connectivity index is 0.000000136. The van der Waals surface area contributed by atoms with Gasteiger partial charge >= 0.3 is 0 Å². The van der Waals surface area contributed by atoms with Crippen molar-refractivity contribution in [3.63, 3.8) is 0 Å². The number of aromatic nitrogens is 6. The molecule has 0 saturated carbocycles. The summed E-state index contributed by atoms with van der Waals surface area (Å²) in [4.78, 5) is 8.10. The van der Waals surface area contributed by atoms with Crippen molar-refractivity contribution in [1.29, 1.82) is 0 Å². The summed E-state index contributed by atoms with van der Waals surface area (Å²) in [5, 5.41) is 8.80. The molecule has 10 heteroatoms. The lowest BCUT2D eigenvalue weighted by molar-refractivity contribution is 0.415. The highest BCUT2D eigenvalue weighted by molar-refractivity contribution is 9.10. The number of methoxy groups -OCH3 is 1. The average molecular weight is 416 g/mol. The number of ether oxygens (including phenoxy) is 1. The molecule has 7 nitrogen and oxygen atoms in total. The minimum atomic E-state index is 0.386. The molecule has 0 radical (unpaired) electrons. The summed E-state index contributed by atoms with van der Waals surface area (Å²) >= 11 is 14.7. The first-order valence-electron chi connectivity index (χ1n) is 6.28. The zero-order valence-electron chi connectivity index (χ0n) is 11.7. The van der Waals surface area contributed by atoms with Crippen LogP contribution in [-0.2, 0) is 0 Å². The van der Waals surface area contributed by atoms with Gasteiger partial charge in [0, 0.05) is 30.9 Å². The minimum absolute atomic E-state index is 0.386. The van der Waals surface area contributed by atoms with Crippen molar-refractivity contribution < 1.29 is 4.74 Å². The number of fused-ring (bicyclic) bond motifs is 2. The van der Waals surface area contributed by atoms with E-state index in [1.807, 2.05) is 0 Å². The molecule has 0 spiro atoms. The van der Waals surface area contributed by atoms with Gasteiger partial charge in [0.05, 0.1) is 11.6 Å².